The summed E-state index contributed by atoms with van der Waals surface area (Å²) in [6.07, 6.45) is 3.25. The van der Waals surface area contributed by atoms with Crippen LogP contribution in [0.25, 0.3) is 0 Å². The molecule has 3 rings (SSSR count). The van der Waals surface area contributed by atoms with Crippen LogP contribution in [-0.4, -0.2) is 18.4 Å². The zero-order chi connectivity index (χ0) is 16.9. The molecule has 0 bridgehead atoms. The van der Waals surface area contributed by atoms with E-state index < -0.39 is 0 Å². The van der Waals surface area contributed by atoms with Crippen molar-refractivity contribution < 1.29 is 9.59 Å². The van der Waals surface area contributed by atoms with Crippen LogP contribution >= 0.6 is 23.7 Å². The fourth-order valence-corrected chi connectivity index (χ4v) is 3.68. The van der Waals surface area contributed by atoms with E-state index >= 15 is 0 Å². The van der Waals surface area contributed by atoms with Crippen LogP contribution < -0.4 is 16.4 Å². The first-order valence-corrected chi connectivity index (χ1v) is 9.01. The Kier molecular flexibility index (Phi) is 6.84. The van der Waals surface area contributed by atoms with Crippen LogP contribution in [-0.2, 0) is 11.2 Å². The van der Waals surface area contributed by atoms with Gasteiger partial charge < -0.3 is 16.4 Å². The third kappa shape index (κ3) is 4.96. The van der Waals surface area contributed by atoms with Crippen LogP contribution in [0, 0.1) is 0 Å². The normalized spacial score (nSPS) is 15.6. The van der Waals surface area contributed by atoms with Crippen molar-refractivity contribution in [1.82, 2.24) is 10.6 Å². The molecule has 1 aromatic heterocycles. The molecule has 1 atom stereocenters. The highest BCUT2D eigenvalue weighted by molar-refractivity contribution is 7.12. The maximum Gasteiger partial charge on any atom is 0.261 e. The van der Waals surface area contributed by atoms with E-state index in [2.05, 4.69) is 10.6 Å². The maximum absolute atomic E-state index is 12.2. The predicted molar refractivity (Wildman–Crippen MR) is 103 cm³/mol. The lowest BCUT2D eigenvalue weighted by Gasteiger charge is -2.26. The van der Waals surface area contributed by atoms with Gasteiger partial charge in [0.2, 0.25) is 5.91 Å². The summed E-state index contributed by atoms with van der Waals surface area (Å²) in [7, 11) is 0. The van der Waals surface area contributed by atoms with E-state index in [0.29, 0.717) is 11.4 Å². The van der Waals surface area contributed by atoms with Gasteiger partial charge in [-0.3, -0.25) is 9.59 Å². The van der Waals surface area contributed by atoms with E-state index in [-0.39, 0.29) is 36.7 Å². The van der Waals surface area contributed by atoms with Crippen molar-refractivity contribution in [3.05, 3.63) is 51.7 Å². The number of carbonyl (C=O) groups excluding carboxylic acids is 2. The Morgan fingerprint density at radius 2 is 2.12 bits per heavy atom. The first-order valence-electron chi connectivity index (χ1n) is 8.13. The van der Waals surface area contributed by atoms with E-state index in [1.54, 1.807) is 6.07 Å². The zero-order valence-electron chi connectivity index (χ0n) is 13.8. The molecule has 2 amide bonds. The van der Waals surface area contributed by atoms with Gasteiger partial charge in [-0.1, -0.05) is 12.1 Å². The molecule has 1 aromatic carbocycles. The smallest absolute Gasteiger partial charge is 0.261 e. The molecule has 0 saturated carbocycles. The molecule has 25 heavy (non-hydrogen) atoms. The summed E-state index contributed by atoms with van der Waals surface area (Å²) in [5.41, 5.74) is 8.98. The Morgan fingerprint density at radius 1 is 1.28 bits per heavy atom. The van der Waals surface area contributed by atoms with Crippen LogP contribution in [0.15, 0.2) is 35.7 Å². The SMILES string of the molecule is Cl.Nc1ccc2c(c1)CCCC2NC(=O)CCNC(=O)c1cccs1. The Bertz CT molecular complexity index is 734. The van der Waals surface area contributed by atoms with Crippen molar-refractivity contribution in [3.8, 4) is 0 Å². The molecule has 134 valence electrons. The number of hydrogen-bond acceptors (Lipinski definition) is 4. The van der Waals surface area contributed by atoms with Gasteiger partial charge in [0.05, 0.1) is 10.9 Å². The summed E-state index contributed by atoms with van der Waals surface area (Å²) < 4.78 is 0. The monoisotopic (exact) mass is 379 g/mol. The topological polar surface area (TPSA) is 84.2 Å². The van der Waals surface area contributed by atoms with E-state index in [9.17, 15) is 9.59 Å². The van der Waals surface area contributed by atoms with E-state index in [1.165, 1.54) is 16.9 Å². The average molecular weight is 380 g/mol. The van der Waals surface area contributed by atoms with Crippen molar-refractivity contribution in [3.63, 3.8) is 0 Å². The highest BCUT2D eigenvalue weighted by atomic mass is 35.5. The van der Waals surface area contributed by atoms with Crippen molar-refractivity contribution in [2.45, 2.75) is 31.7 Å². The standard InChI is InChI=1S/C18H21N3O2S.ClH/c19-13-6-7-14-12(11-13)3-1-4-15(14)21-17(22)8-9-20-18(23)16-5-2-10-24-16;/h2,5-7,10-11,15H,1,3-4,8-9,19H2,(H,20,23)(H,21,22);1H. The fourth-order valence-electron chi connectivity index (χ4n) is 3.04. The summed E-state index contributed by atoms with van der Waals surface area (Å²) in [5, 5.41) is 7.70. The minimum atomic E-state index is -0.128. The van der Waals surface area contributed by atoms with E-state index in [1.807, 2.05) is 29.6 Å². The summed E-state index contributed by atoms with van der Waals surface area (Å²) in [6.45, 7) is 0.337. The highest BCUT2D eigenvalue weighted by Gasteiger charge is 2.21. The van der Waals surface area contributed by atoms with Crippen molar-refractivity contribution >= 4 is 41.2 Å². The van der Waals surface area contributed by atoms with Gasteiger partial charge in [0.15, 0.2) is 0 Å². The summed E-state index contributed by atoms with van der Waals surface area (Å²) in [5.74, 6) is -0.174. The molecule has 1 aliphatic carbocycles. The van der Waals surface area contributed by atoms with Gasteiger partial charge in [-0.05, 0) is 54.0 Å². The molecule has 0 fully saturated rings. The number of rotatable bonds is 5. The average Bonchev–Trinajstić information content (AvgIpc) is 3.09. The lowest BCUT2D eigenvalue weighted by atomic mass is 9.87. The number of halogens is 1. The van der Waals surface area contributed by atoms with Crippen molar-refractivity contribution in [1.29, 1.82) is 0 Å². The molecule has 5 nitrogen and oxygen atoms in total. The Labute approximate surface area is 157 Å². The second-order valence-electron chi connectivity index (χ2n) is 5.95. The molecule has 0 saturated heterocycles. The van der Waals surface area contributed by atoms with E-state index in [0.717, 1.165) is 30.5 Å². The number of carbonyl (C=O) groups is 2. The highest BCUT2D eigenvalue weighted by Crippen LogP contribution is 2.30. The number of hydrogen-bond donors (Lipinski definition) is 3. The number of aryl methyl sites for hydroxylation is 1. The number of nitrogen functional groups attached to an aromatic ring is 1. The molecule has 0 radical (unpaired) electrons. The molecule has 0 spiro atoms. The molecule has 1 heterocycles. The number of nitrogens with two attached hydrogens (primary N) is 1. The third-order valence-electron chi connectivity index (χ3n) is 4.20. The van der Waals surface area contributed by atoms with Crippen LogP contribution in [0.3, 0.4) is 0 Å². The van der Waals surface area contributed by atoms with Crippen molar-refractivity contribution in [2.24, 2.45) is 0 Å². The van der Waals surface area contributed by atoms with Crippen molar-refractivity contribution in [2.75, 3.05) is 12.3 Å². The third-order valence-corrected chi connectivity index (χ3v) is 5.07. The number of anilines is 1. The predicted octanol–water partition coefficient (Wildman–Crippen LogP) is 3.07. The molecule has 1 unspecified atom stereocenters. The quantitative estimate of drug-likeness (QED) is 0.698. The second-order valence-corrected chi connectivity index (χ2v) is 6.90. The van der Waals surface area contributed by atoms with Gasteiger partial charge in [-0.15, -0.1) is 23.7 Å². The fraction of sp³-hybridized carbons (Fsp3) is 0.333. The maximum atomic E-state index is 12.2. The Balaban J connectivity index is 0.00000225. The van der Waals surface area contributed by atoms with Gasteiger partial charge in [0, 0.05) is 18.7 Å². The summed E-state index contributed by atoms with van der Waals surface area (Å²) >= 11 is 1.39. The number of thiophene rings is 1. The molecule has 1 aliphatic rings. The first kappa shape index (κ1) is 19.3. The van der Waals surface area contributed by atoms with Gasteiger partial charge in [0.25, 0.3) is 5.91 Å². The molecule has 7 heteroatoms. The Morgan fingerprint density at radius 3 is 2.88 bits per heavy atom. The number of fused-ring (bicyclic) bond motifs is 1. The lowest BCUT2D eigenvalue weighted by molar-refractivity contribution is -0.121. The zero-order valence-corrected chi connectivity index (χ0v) is 15.4. The van der Waals surface area contributed by atoms with Crippen LogP contribution in [0.5, 0.6) is 0 Å². The molecule has 0 aliphatic heterocycles. The molecule has 4 N–H and O–H groups in total. The van der Waals surface area contributed by atoms with Crippen LogP contribution in [0.1, 0.15) is 46.1 Å². The molecular weight excluding hydrogens is 358 g/mol. The number of nitrogens with one attached hydrogen (secondary N) is 2. The second kappa shape index (κ2) is 8.87. The van der Waals surface area contributed by atoms with Crippen LogP contribution in [0.2, 0.25) is 0 Å². The lowest BCUT2D eigenvalue weighted by Crippen LogP contribution is -2.34. The minimum Gasteiger partial charge on any atom is -0.399 e. The summed E-state index contributed by atoms with van der Waals surface area (Å²) in [6, 6.07) is 9.52. The molecule has 2 aromatic rings. The minimum absolute atomic E-state index is 0. The largest absolute Gasteiger partial charge is 0.399 e. The van der Waals surface area contributed by atoms with Gasteiger partial charge in [-0.25, -0.2) is 0 Å². The summed E-state index contributed by atoms with van der Waals surface area (Å²) in [4.78, 5) is 24.7. The van der Waals surface area contributed by atoms with Gasteiger partial charge >= 0.3 is 0 Å². The van der Waals surface area contributed by atoms with E-state index in [4.69, 9.17) is 5.73 Å². The number of benzene rings is 1. The first-order chi connectivity index (χ1) is 11.6. The Hall–Kier alpha value is -2.05. The molecular formula is C18H22ClN3O2S. The van der Waals surface area contributed by atoms with Gasteiger partial charge in [-0.2, -0.15) is 0 Å². The number of amides is 2. The van der Waals surface area contributed by atoms with Crippen LogP contribution in [0.4, 0.5) is 5.69 Å². The van der Waals surface area contributed by atoms with Gasteiger partial charge in [0.1, 0.15) is 0 Å².